The van der Waals surface area contributed by atoms with Gasteiger partial charge in [0.1, 0.15) is 0 Å². The standard InChI is InChI=1S/C23H28N6O/c1-17-13-18(2)29(26-17)22-8-7-20(15-24-22)23(30)25-21-6-4-5-19(14-21)16-28-11-9-27(3)10-12-28/h4-8,13-15H,9-12,16H2,1-3H3,(H,25,30). The minimum atomic E-state index is -0.167. The molecule has 156 valence electrons. The first-order valence-corrected chi connectivity index (χ1v) is 10.3. The summed E-state index contributed by atoms with van der Waals surface area (Å²) in [6.07, 6.45) is 1.59. The molecule has 4 rings (SSSR count). The Bertz CT molecular complexity index is 1020. The Hall–Kier alpha value is -3.03. The van der Waals surface area contributed by atoms with Crippen LogP contribution < -0.4 is 5.32 Å². The molecule has 1 aliphatic heterocycles. The van der Waals surface area contributed by atoms with Crippen molar-refractivity contribution in [1.29, 1.82) is 0 Å². The minimum Gasteiger partial charge on any atom is -0.322 e. The van der Waals surface area contributed by atoms with Crippen LogP contribution in [0.25, 0.3) is 5.82 Å². The monoisotopic (exact) mass is 404 g/mol. The molecule has 0 saturated carbocycles. The van der Waals surface area contributed by atoms with E-state index < -0.39 is 0 Å². The quantitative estimate of drug-likeness (QED) is 0.708. The van der Waals surface area contributed by atoms with Gasteiger partial charge in [0.15, 0.2) is 5.82 Å². The highest BCUT2D eigenvalue weighted by molar-refractivity contribution is 6.04. The summed E-state index contributed by atoms with van der Waals surface area (Å²) in [7, 11) is 2.16. The van der Waals surface area contributed by atoms with Crippen molar-refractivity contribution >= 4 is 11.6 Å². The Morgan fingerprint density at radius 2 is 1.87 bits per heavy atom. The Morgan fingerprint density at radius 3 is 2.53 bits per heavy atom. The highest BCUT2D eigenvalue weighted by Crippen LogP contribution is 2.16. The van der Waals surface area contributed by atoms with E-state index in [2.05, 4.69) is 38.3 Å². The fourth-order valence-corrected chi connectivity index (χ4v) is 3.72. The Balaban J connectivity index is 1.40. The summed E-state index contributed by atoms with van der Waals surface area (Å²) >= 11 is 0. The SMILES string of the molecule is Cc1cc(C)n(-c2ccc(C(=O)Nc3cccc(CN4CCN(C)CC4)c3)cn2)n1. The average molecular weight is 405 g/mol. The van der Waals surface area contributed by atoms with Crippen molar-refractivity contribution in [1.82, 2.24) is 24.6 Å². The summed E-state index contributed by atoms with van der Waals surface area (Å²) in [6, 6.07) is 13.7. The van der Waals surface area contributed by atoms with Crippen LogP contribution in [0.4, 0.5) is 5.69 Å². The maximum Gasteiger partial charge on any atom is 0.257 e. The van der Waals surface area contributed by atoms with Crippen LogP contribution in [0.2, 0.25) is 0 Å². The largest absolute Gasteiger partial charge is 0.322 e. The first kappa shape index (κ1) is 20.3. The van der Waals surface area contributed by atoms with Crippen molar-refractivity contribution < 1.29 is 4.79 Å². The second kappa shape index (κ2) is 8.77. The van der Waals surface area contributed by atoms with Gasteiger partial charge in [-0.1, -0.05) is 12.1 Å². The zero-order valence-electron chi connectivity index (χ0n) is 17.8. The third-order valence-electron chi connectivity index (χ3n) is 5.42. The van der Waals surface area contributed by atoms with Crippen LogP contribution in [0.1, 0.15) is 27.3 Å². The summed E-state index contributed by atoms with van der Waals surface area (Å²) in [5, 5.41) is 7.42. The fourth-order valence-electron chi connectivity index (χ4n) is 3.72. The molecular formula is C23H28N6O. The number of carbonyl (C=O) groups is 1. The molecule has 1 aliphatic rings. The number of hydrogen-bond donors (Lipinski definition) is 1. The number of nitrogens with zero attached hydrogens (tertiary/aromatic N) is 5. The molecule has 0 atom stereocenters. The van der Waals surface area contributed by atoms with E-state index in [1.807, 2.05) is 44.2 Å². The lowest BCUT2D eigenvalue weighted by molar-refractivity contribution is 0.102. The summed E-state index contributed by atoms with van der Waals surface area (Å²) in [5.41, 5.74) is 4.47. The number of likely N-dealkylation sites (N-methyl/N-ethyl adjacent to an activating group) is 1. The van der Waals surface area contributed by atoms with Gasteiger partial charge in [0.05, 0.1) is 11.3 Å². The number of anilines is 1. The summed E-state index contributed by atoms with van der Waals surface area (Å²) in [4.78, 5) is 21.9. The lowest BCUT2D eigenvalue weighted by atomic mass is 10.1. The lowest BCUT2D eigenvalue weighted by Gasteiger charge is -2.32. The smallest absolute Gasteiger partial charge is 0.257 e. The molecule has 7 nitrogen and oxygen atoms in total. The number of benzene rings is 1. The van der Waals surface area contributed by atoms with E-state index in [0.717, 1.165) is 49.8 Å². The van der Waals surface area contributed by atoms with Crippen molar-refractivity contribution in [2.24, 2.45) is 0 Å². The number of amides is 1. The molecule has 3 heterocycles. The van der Waals surface area contributed by atoms with Crippen LogP contribution in [0.3, 0.4) is 0 Å². The van der Waals surface area contributed by atoms with Crippen LogP contribution in [0.5, 0.6) is 0 Å². The van der Waals surface area contributed by atoms with Crippen molar-refractivity contribution in [3.05, 3.63) is 71.2 Å². The molecule has 0 unspecified atom stereocenters. The molecule has 1 fully saturated rings. The van der Waals surface area contributed by atoms with E-state index in [4.69, 9.17) is 0 Å². The van der Waals surface area contributed by atoms with E-state index in [9.17, 15) is 4.79 Å². The average Bonchev–Trinajstić information content (AvgIpc) is 3.08. The van der Waals surface area contributed by atoms with E-state index in [-0.39, 0.29) is 5.91 Å². The first-order chi connectivity index (χ1) is 14.5. The van der Waals surface area contributed by atoms with Gasteiger partial charge in [-0.15, -0.1) is 0 Å². The van der Waals surface area contributed by atoms with Crippen LogP contribution in [0, 0.1) is 13.8 Å². The summed E-state index contributed by atoms with van der Waals surface area (Å²) in [6.45, 7) is 9.16. The van der Waals surface area contributed by atoms with E-state index >= 15 is 0 Å². The summed E-state index contributed by atoms with van der Waals surface area (Å²) < 4.78 is 1.78. The number of hydrogen-bond acceptors (Lipinski definition) is 5. The second-order valence-electron chi connectivity index (χ2n) is 7.98. The van der Waals surface area contributed by atoms with Crippen molar-refractivity contribution in [3.63, 3.8) is 0 Å². The van der Waals surface area contributed by atoms with Crippen LogP contribution >= 0.6 is 0 Å². The van der Waals surface area contributed by atoms with Gasteiger partial charge in [-0.25, -0.2) is 9.67 Å². The van der Waals surface area contributed by atoms with Gasteiger partial charge in [-0.3, -0.25) is 9.69 Å². The number of aromatic nitrogens is 3. The molecule has 7 heteroatoms. The molecular weight excluding hydrogens is 376 g/mol. The molecule has 30 heavy (non-hydrogen) atoms. The zero-order valence-corrected chi connectivity index (χ0v) is 17.8. The molecule has 0 aliphatic carbocycles. The van der Waals surface area contributed by atoms with E-state index in [0.29, 0.717) is 11.4 Å². The molecule has 1 saturated heterocycles. The second-order valence-corrected chi connectivity index (χ2v) is 7.98. The topological polar surface area (TPSA) is 66.3 Å². The number of piperazine rings is 1. The van der Waals surface area contributed by atoms with Crippen LogP contribution in [-0.4, -0.2) is 63.7 Å². The predicted octanol–water partition coefficient (Wildman–Crippen LogP) is 2.88. The zero-order chi connectivity index (χ0) is 21.1. The predicted molar refractivity (Wildman–Crippen MR) is 118 cm³/mol. The van der Waals surface area contributed by atoms with Gasteiger partial charge in [-0.05, 0) is 56.8 Å². The highest BCUT2D eigenvalue weighted by Gasteiger charge is 2.14. The van der Waals surface area contributed by atoms with Crippen molar-refractivity contribution in [3.8, 4) is 5.82 Å². The number of carbonyl (C=O) groups excluding carboxylic acids is 1. The Kier molecular flexibility index (Phi) is 5.92. The van der Waals surface area contributed by atoms with Crippen LogP contribution in [-0.2, 0) is 6.54 Å². The molecule has 2 aromatic heterocycles. The third kappa shape index (κ3) is 4.75. The molecule has 1 N–H and O–H groups in total. The van der Waals surface area contributed by atoms with Crippen molar-refractivity contribution in [2.75, 3.05) is 38.5 Å². The fraction of sp³-hybridized carbons (Fsp3) is 0.348. The summed E-state index contributed by atoms with van der Waals surface area (Å²) in [5.74, 6) is 0.533. The third-order valence-corrected chi connectivity index (χ3v) is 5.42. The lowest BCUT2D eigenvalue weighted by Crippen LogP contribution is -2.43. The Labute approximate surface area is 177 Å². The van der Waals surface area contributed by atoms with Crippen molar-refractivity contribution in [2.45, 2.75) is 20.4 Å². The number of aryl methyl sites for hydroxylation is 2. The van der Waals surface area contributed by atoms with Gasteiger partial charge in [0.2, 0.25) is 0 Å². The Morgan fingerprint density at radius 1 is 1.07 bits per heavy atom. The minimum absolute atomic E-state index is 0.167. The maximum atomic E-state index is 12.7. The number of pyridine rings is 1. The molecule has 1 aromatic carbocycles. The van der Waals surface area contributed by atoms with Crippen LogP contribution in [0.15, 0.2) is 48.7 Å². The molecule has 0 spiro atoms. The number of nitrogens with one attached hydrogen (secondary N) is 1. The maximum absolute atomic E-state index is 12.7. The molecule has 0 bridgehead atoms. The van der Waals surface area contributed by atoms with E-state index in [1.54, 1.807) is 16.9 Å². The first-order valence-electron chi connectivity index (χ1n) is 10.3. The van der Waals surface area contributed by atoms with E-state index in [1.165, 1.54) is 5.56 Å². The number of rotatable bonds is 5. The van der Waals surface area contributed by atoms with Gasteiger partial charge >= 0.3 is 0 Å². The van der Waals surface area contributed by atoms with Gasteiger partial charge in [0, 0.05) is 50.3 Å². The van der Waals surface area contributed by atoms with Gasteiger partial charge < -0.3 is 10.2 Å². The molecule has 0 radical (unpaired) electrons. The van der Waals surface area contributed by atoms with Gasteiger partial charge in [-0.2, -0.15) is 5.10 Å². The van der Waals surface area contributed by atoms with Gasteiger partial charge in [0.25, 0.3) is 5.91 Å². The molecule has 1 amide bonds. The molecule has 3 aromatic rings. The highest BCUT2D eigenvalue weighted by atomic mass is 16.1. The normalized spacial score (nSPS) is 15.3.